The van der Waals surface area contributed by atoms with Crippen LogP contribution in [0.5, 0.6) is 0 Å². The second-order valence-corrected chi connectivity index (χ2v) is 6.45. The Bertz CT molecular complexity index is 616. The average Bonchev–Trinajstić information content (AvgIpc) is 3.05. The van der Waals surface area contributed by atoms with Crippen LogP contribution in [-0.4, -0.2) is 57.7 Å². The number of fused-ring (bicyclic) bond motifs is 1. The molecule has 128 valence electrons. The molecule has 0 aliphatic carbocycles. The molecule has 0 N–H and O–H groups in total. The van der Waals surface area contributed by atoms with Crippen LogP contribution in [0.2, 0.25) is 5.02 Å². The van der Waals surface area contributed by atoms with Crippen LogP contribution in [0, 0.1) is 6.92 Å². The summed E-state index contributed by atoms with van der Waals surface area (Å²) in [5, 5.41) is 3.04. The summed E-state index contributed by atoms with van der Waals surface area (Å²) in [4.78, 5) is 16.5. The molecule has 2 saturated heterocycles. The van der Waals surface area contributed by atoms with Crippen molar-refractivity contribution in [2.45, 2.75) is 38.5 Å². The lowest BCUT2D eigenvalue weighted by molar-refractivity contribution is -0.142. The van der Waals surface area contributed by atoms with Gasteiger partial charge in [-0.25, -0.2) is 0 Å². The smallest absolute Gasteiger partial charge is 0.338 e. The largest absolute Gasteiger partial charge is 0.436 e. The third-order valence-corrected chi connectivity index (χ3v) is 5.08. The van der Waals surface area contributed by atoms with Gasteiger partial charge in [0.15, 0.2) is 5.69 Å². The second kappa shape index (κ2) is 5.98. The molecule has 0 bridgehead atoms. The first kappa shape index (κ1) is 16.6. The number of hydrogen-bond donors (Lipinski definition) is 0. The van der Waals surface area contributed by atoms with Gasteiger partial charge in [-0.05, 0) is 26.3 Å². The van der Waals surface area contributed by atoms with E-state index >= 15 is 0 Å². The first-order chi connectivity index (χ1) is 10.8. The molecule has 3 rings (SSSR count). The third-order valence-electron chi connectivity index (χ3n) is 4.63. The summed E-state index contributed by atoms with van der Waals surface area (Å²) < 4.78 is 39.5. The number of nitrogens with zero attached hydrogens (tertiary/aromatic N) is 4. The third kappa shape index (κ3) is 3.19. The standard InChI is InChI=1S/C14H18ClF3N4O/c1-9-12(15)13(14(16,17)18)19-22(9)8-11(23)21-6-5-20-4-2-3-10(20)7-21/h10H,2-8H2,1H3/t10-/m1/s1. The van der Waals surface area contributed by atoms with E-state index in [0.717, 1.165) is 30.6 Å². The molecule has 0 radical (unpaired) electrons. The van der Waals surface area contributed by atoms with Gasteiger partial charge in [0.05, 0.1) is 10.7 Å². The summed E-state index contributed by atoms with van der Waals surface area (Å²) in [5.74, 6) is -0.215. The molecule has 0 spiro atoms. The molecule has 2 aliphatic heterocycles. The van der Waals surface area contributed by atoms with Crippen LogP contribution in [0.1, 0.15) is 24.2 Å². The van der Waals surface area contributed by atoms with Gasteiger partial charge in [0.1, 0.15) is 6.54 Å². The highest BCUT2D eigenvalue weighted by Crippen LogP contribution is 2.35. The van der Waals surface area contributed by atoms with Crippen LogP contribution in [0.25, 0.3) is 0 Å². The van der Waals surface area contributed by atoms with Crippen molar-refractivity contribution in [1.82, 2.24) is 19.6 Å². The van der Waals surface area contributed by atoms with Gasteiger partial charge in [-0.1, -0.05) is 11.6 Å². The van der Waals surface area contributed by atoms with Gasteiger partial charge in [-0.15, -0.1) is 0 Å². The lowest BCUT2D eigenvalue weighted by atomic mass is 10.1. The van der Waals surface area contributed by atoms with Crippen molar-refractivity contribution in [1.29, 1.82) is 0 Å². The van der Waals surface area contributed by atoms with Crippen molar-refractivity contribution in [2.75, 3.05) is 26.2 Å². The zero-order valence-corrected chi connectivity index (χ0v) is 13.5. The minimum atomic E-state index is -4.62. The quantitative estimate of drug-likeness (QED) is 0.821. The van der Waals surface area contributed by atoms with Crippen LogP contribution in [0.3, 0.4) is 0 Å². The molecule has 5 nitrogen and oxygen atoms in total. The molecule has 0 unspecified atom stereocenters. The molecule has 2 fully saturated rings. The number of carbonyl (C=O) groups is 1. The van der Waals surface area contributed by atoms with Gasteiger partial charge in [0, 0.05) is 25.7 Å². The van der Waals surface area contributed by atoms with Crippen molar-refractivity contribution >= 4 is 17.5 Å². The molecule has 2 aliphatic rings. The van der Waals surface area contributed by atoms with Gasteiger partial charge in [-0.2, -0.15) is 18.3 Å². The SMILES string of the molecule is Cc1c(Cl)c(C(F)(F)F)nn1CC(=O)N1CCN2CCC[C@@H]2C1. The Morgan fingerprint density at radius 3 is 2.74 bits per heavy atom. The number of hydrogen-bond acceptors (Lipinski definition) is 3. The molecule has 3 heterocycles. The fourth-order valence-electron chi connectivity index (χ4n) is 3.31. The zero-order chi connectivity index (χ0) is 16.8. The summed E-state index contributed by atoms with van der Waals surface area (Å²) >= 11 is 5.71. The van der Waals surface area contributed by atoms with E-state index in [1.807, 2.05) is 0 Å². The van der Waals surface area contributed by atoms with Gasteiger partial charge >= 0.3 is 6.18 Å². The first-order valence-electron chi connectivity index (χ1n) is 7.59. The summed E-state index contributed by atoms with van der Waals surface area (Å²) in [6, 6.07) is 0.376. The number of halogens is 4. The summed E-state index contributed by atoms with van der Waals surface area (Å²) in [7, 11) is 0. The minimum Gasteiger partial charge on any atom is -0.338 e. The molecule has 1 amide bonds. The van der Waals surface area contributed by atoms with Crippen LogP contribution < -0.4 is 0 Å². The molecule has 1 aromatic rings. The maximum Gasteiger partial charge on any atom is 0.436 e. The molecule has 1 atom stereocenters. The van der Waals surface area contributed by atoms with Gasteiger partial charge in [0.2, 0.25) is 5.91 Å². The number of alkyl halides is 3. The van der Waals surface area contributed by atoms with Crippen molar-refractivity contribution in [3.63, 3.8) is 0 Å². The van der Waals surface area contributed by atoms with Crippen LogP contribution >= 0.6 is 11.6 Å². The highest BCUT2D eigenvalue weighted by molar-refractivity contribution is 6.32. The van der Waals surface area contributed by atoms with E-state index in [1.165, 1.54) is 6.92 Å². The number of rotatable bonds is 2. The van der Waals surface area contributed by atoms with E-state index in [0.29, 0.717) is 19.1 Å². The van der Waals surface area contributed by atoms with E-state index < -0.39 is 16.9 Å². The number of carbonyl (C=O) groups excluding carboxylic acids is 1. The lowest BCUT2D eigenvalue weighted by Crippen LogP contribution is -2.52. The Hall–Kier alpha value is -1.28. The Labute approximate surface area is 137 Å². The number of aromatic nitrogens is 2. The molecule has 1 aromatic heterocycles. The molecule has 23 heavy (non-hydrogen) atoms. The van der Waals surface area contributed by atoms with Crippen molar-refractivity contribution < 1.29 is 18.0 Å². The predicted octanol–water partition coefficient (Wildman–Crippen LogP) is 2.17. The summed E-state index contributed by atoms with van der Waals surface area (Å²) in [6.07, 6.45) is -2.42. The molecule has 9 heteroatoms. The highest BCUT2D eigenvalue weighted by Gasteiger charge is 2.39. The average molecular weight is 351 g/mol. The van der Waals surface area contributed by atoms with Gasteiger partial charge in [-0.3, -0.25) is 14.4 Å². The van der Waals surface area contributed by atoms with E-state index in [1.54, 1.807) is 4.90 Å². The Kier molecular flexibility index (Phi) is 4.31. The Balaban J connectivity index is 1.71. The molecule has 0 aromatic carbocycles. The van der Waals surface area contributed by atoms with Crippen molar-refractivity contribution in [3.05, 3.63) is 16.4 Å². The van der Waals surface area contributed by atoms with Crippen molar-refractivity contribution in [2.24, 2.45) is 0 Å². The van der Waals surface area contributed by atoms with Crippen LogP contribution in [-0.2, 0) is 17.5 Å². The summed E-state index contributed by atoms with van der Waals surface area (Å²) in [5.41, 5.74) is -0.975. The first-order valence-corrected chi connectivity index (χ1v) is 7.97. The van der Waals surface area contributed by atoms with E-state index in [4.69, 9.17) is 11.6 Å². The van der Waals surface area contributed by atoms with Gasteiger partial charge < -0.3 is 4.90 Å². The molecule has 0 saturated carbocycles. The summed E-state index contributed by atoms with van der Waals surface area (Å²) in [6.45, 7) is 4.36. The molecular weight excluding hydrogens is 333 g/mol. The van der Waals surface area contributed by atoms with Gasteiger partial charge in [0.25, 0.3) is 0 Å². The zero-order valence-electron chi connectivity index (χ0n) is 12.7. The lowest BCUT2D eigenvalue weighted by Gasteiger charge is -2.37. The maximum absolute atomic E-state index is 12.8. The maximum atomic E-state index is 12.8. The Morgan fingerprint density at radius 1 is 1.35 bits per heavy atom. The topological polar surface area (TPSA) is 41.4 Å². The van der Waals surface area contributed by atoms with E-state index in [9.17, 15) is 18.0 Å². The predicted molar refractivity (Wildman–Crippen MR) is 78.2 cm³/mol. The minimum absolute atomic E-state index is 0.159. The van der Waals surface area contributed by atoms with Crippen LogP contribution in [0.15, 0.2) is 0 Å². The fraction of sp³-hybridized carbons (Fsp3) is 0.714. The second-order valence-electron chi connectivity index (χ2n) is 6.08. The fourth-order valence-corrected chi connectivity index (χ4v) is 3.55. The molecular formula is C14H18ClF3N4O. The highest BCUT2D eigenvalue weighted by atomic mass is 35.5. The number of piperazine rings is 1. The van der Waals surface area contributed by atoms with Crippen molar-refractivity contribution in [3.8, 4) is 0 Å². The van der Waals surface area contributed by atoms with E-state index in [-0.39, 0.29) is 18.1 Å². The van der Waals surface area contributed by atoms with Crippen LogP contribution in [0.4, 0.5) is 13.2 Å². The number of amides is 1. The Morgan fingerprint density at radius 2 is 2.09 bits per heavy atom. The van der Waals surface area contributed by atoms with E-state index in [2.05, 4.69) is 10.00 Å². The normalized spacial score (nSPS) is 22.5. The monoisotopic (exact) mass is 350 g/mol.